The zero-order valence-corrected chi connectivity index (χ0v) is 7.04. The van der Waals surface area contributed by atoms with Crippen molar-refractivity contribution >= 4 is 28.9 Å². The fraction of sp³-hybridized carbons (Fsp3) is 0.286. The van der Waals surface area contributed by atoms with Crippen LogP contribution in [0.5, 0.6) is 0 Å². The lowest BCUT2D eigenvalue weighted by Crippen LogP contribution is -2.18. The summed E-state index contributed by atoms with van der Waals surface area (Å²) in [5.41, 5.74) is 0. The van der Waals surface area contributed by atoms with E-state index in [-0.39, 0.29) is 3.42 Å². The molecule has 1 rings (SSSR count). The van der Waals surface area contributed by atoms with E-state index in [1.807, 2.05) is 24.3 Å². The molecule has 9 heavy (non-hydrogen) atoms. The van der Waals surface area contributed by atoms with Gasteiger partial charge in [0.25, 0.3) is 0 Å². The maximum absolute atomic E-state index is 10.4. The predicted octanol–water partition coefficient (Wildman–Crippen LogP) is 1.88. The van der Waals surface area contributed by atoms with Crippen molar-refractivity contribution in [2.45, 2.75) is 9.84 Å². The molecule has 1 aliphatic rings. The Kier molecular flexibility index (Phi) is 2.05. The van der Waals surface area contributed by atoms with Gasteiger partial charge in [-0.25, -0.2) is 0 Å². The first-order valence-corrected chi connectivity index (χ1v) is 3.84. The van der Waals surface area contributed by atoms with Gasteiger partial charge in [0.2, 0.25) is 0 Å². The van der Waals surface area contributed by atoms with Crippen molar-refractivity contribution in [3.8, 4) is 0 Å². The van der Waals surface area contributed by atoms with Crippen molar-refractivity contribution in [2.75, 3.05) is 0 Å². The Morgan fingerprint density at radius 2 is 2.33 bits per heavy atom. The monoisotopic (exact) mass is 234 g/mol. The van der Waals surface area contributed by atoms with Gasteiger partial charge in [0.05, 0.1) is 3.42 Å². The molecule has 0 saturated heterocycles. The van der Waals surface area contributed by atoms with Crippen LogP contribution in [0.4, 0.5) is 0 Å². The Hall–Kier alpha value is -0.120. The van der Waals surface area contributed by atoms with Crippen molar-refractivity contribution in [1.82, 2.24) is 0 Å². The van der Waals surface area contributed by atoms with E-state index in [0.29, 0.717) is 0 Å². The van der Waals surface area contributed by atoms with Crippen LogP contribution in [-0.4, -0.2) is 9.71 Å². The summed E-state index contributed by atoms with van der Waals surface area (Å²) in [6.07, 6.45) is 9.59. The third kappa shape index (κ3) is 1.64. The Labute approximate surface area is 68.0 Å². The fourth-order valence-electron chi connectivity index (χ4n) is 0.698. The summed E-state index contributed by atoms with van der Waals surface area (Å²) < 4.78 is -0.257. The van der Waals surface area contributed by atoms with Crippen LogP contribution in [0.2, 0.25) is 0 Å². The summed E-state index contributed by atoms with van der Waals surface area (Å²) in [6, 6.07) is 0. The minimum absolute atomic E-state index is 0.257. The van der Waals surface area contributed by atoms with Crippen LogP contribution in [0.3, 0.4) is 0 Å². The van der Waals surface area contributed by atoms with Crippen molar-refractivity contribution in [3.63, 3.8) is 0 Å². The van der Waals surface area contributed by atoms with Crippen LogP contribution < -0.4 is 0 Å². The van der Waals surface area contributed by atoms with Gasteiger partial charge in [-0.2, -0.15) is 0 Å². The third-order valence-corrected chi connectivity index (χ3v) is 2.30. The Morgan fingerprint density at radius 1 is 1.56 bits per heavy atom. The van der Waals surface area contributed by atoms with E-state index in [4.69, 9.17) is 0 Å². The number of rotatable bonds is 1. The number of carbonyl (C=O) groups is 1. The highest BCUT2D eigenvalue weighted by Gasteiger charge is 2.21. The molecule has 0 spiro atoms. The van der Waals surface area contributed by atoms with E-state index in [1.165, 1.54) is 0 Å². The van der Waals surface area contributed by atoms with Crippen LogP contribution in [0.1, 0.15) is 6.42 Å². The number of hydrogen-bond acceptors (Lipinski definition) is 1. The molecule has 0 bridgehead atoms. The van der Waals surface area contributed by atoms with Crippen molar-refractivity contribution in [3.05, 3.63) is 24.3 Å². The standard InChI is InChI=1S/C7H7IO/c8-7(6-9)4-2-1-3-5-7/h1-4,6H,5H2/t7-/m0/s1. The van der Waals surface area contributed by atoms with Gasteiger partial charge in [0, 0.05) is 0 Å². The molecule has 0 amide bonds. The summed E-state index contributed by atoms with van der Waals surface area (Å²) in [6.45, 7) is 0. The smallest absolute Gasteiger partial charge is 0.140 e. The molecule has 0 unspecified atom stereocenters. The highest BCUT2D eigenvalue weighted by Crippen LogP contribution is 2.25. The number of hydrogen-bond donors (Lipinski definition) is 0. The lowest BCUT2D eigenvalue weighted by Gasteiger charge is -2.15. The summed E-state index contributed by atoms with van der Waals surface area (Å²) in [5, 5.41) is 0. The summed E-state index contributed by atoms with van der Waals surface area (Å²) in [5.74, 6) is 0. The second kappa shape index (κ2) is 2.64. The number of halogens is 1. The molecule has 2 heteroatoms. The van der Waals surface area contributed by atoms with Gasteiger partial charge in [0.1, 0.15) is 6.29 Å². The lowest BCUT2D eigenvalue weighted by molar-refractivity contribution is -0.108. The zero-order chi connectivity index (χ0) is 6.74. The maximum Gasteiger partial charge on any atom is 0.140 e. The van der Waals surface area contributed by atoms with E-state index in [1.54, 1.807) is 0 Å². The third-order valence-electron chi connectivity index (χ3n) is 1.25. The Balaban J connectivity index is 2.73. The topological polar surface area (TPSA) is 17.1 Å². The van der Waals surface area contributed by atoms with Gasteiger partial charge < -0.3 is 4.79 Å². The average Bonchev–Trinajstić information content (AvgIpc) is 1.90. The molecular formula is C7H7IO. The summed E-state index contributed by atoms with van der Waals surface area (Å²) in [4.78, 5) is 10.4. The number of alkyl halides is 1. The summed E-state index contributed by atoms with van der Waals surface area (Å²) in [7, 11) is 0. The van der Waals surface area contributed by atoms with Gasteiger partial charge in [-0.05, 0) is 6.42 Å². The Morgan fingerprint density at radius 3 is 2.67 bits per heavy atom. The highest BCUT2D eigenvalue weighted by molar-refractivity contribution is 14.1. The number of carbonyl (C=O) groups excluding carboxylic acids is 1. The van der Waals surface area contributed by atoms with Gasteiger partial charge in [-0.3, -0.25) is 0 Å². The molecular weight excluding hydrogens is 227 g/mol. The molecule has 1 aliphatic carbocycles. The molecule has 0 aromatic rings. The highest BCUT2D eigenvalue weighted by atomic mass is 127. The van der Waals surface area contributed by atoms with Gasteiger partial charge in [-0.1, -0.05) is 46.9 Å². The molecule has 1 nitrogen and oxygen atoms in total. The molecule has 0 heterocycles. The minimum atomic E-state index is -0.257. The SMILES string of the molecule is O=C[C@]1(I)C=CC=CC1. The first kappa shape index (κ1) is 6.99. The number of aldehydes is 1. The van der Waals surface area contributed by atoms with Crippen LogP contribution >= 0.6 is 22.6 Å². The molecule has 0 aliphatic heterocycles. The fourth-order valence-corrected chi connectivity index (χ4v) is 1.16. The first-order valence-electron chi connectivity index (χ1n) is 2.76. The van der Waals surface area contributed by atoms with Crippen LogP contribution in [0, 0.1) is 0 Å². The quantitative estimate of drug-likeness (QED) is 0.384. The molecule has 48 valence electrons. The van der Waals surface area contributed by atoms with Crippen LogP contribution in [-0.2, 0) is 4.79 Å². The molecule has 1 atom stereocenters. The van der Waals surface area contributed by atoms with Crippen molar-refractivity contribution in [2.24, 2.45) is 0 Å². The molecule has 0 radical (unpaired) electrons. The largest absolute Gasteiger partial charge is 0.302 e. The lowest BCUT2D eigenvalue weighted by atomic mass is 10.0. The van der Waals surface area contributed by atoms with Gasteiger partial charge >= 0.3 is 0 Å². The maximum atomic E-state index is 10.4. The van der Waals surface area contributed by atoms with E-state index in [9.17, 15) is 4.79 Å². The van der Waals surface area contributed by atoms with Crippen LogP contribution in [0.15, 0.2) is 24.3 Å². The minimum Gasteiger partial charge on any atom is -0.302 e. The van der Waals surface area contributed by atoms with Crippen LogP contribution in [0.25, 0.3) is 0 Å². The molecule has 0 aromatic carbocycles. The molecule has 0 fully saturated rings. The first-order chi connectivity index (χ1) is 4.27. The summed E-state index contributed by atoms with van der Waals surface area (Å²) >= 11 is 2.15. The molecule has 0 aromatic heterocycles. The predicted molar refractivity (Wildman–Crippen MR) is 45.7 cm³/mol. The normalized spacial score (nSPS) is 32.6. The molecule has 0 saturated carbocycles. The van der Waals surface area contributed by atoms with E-state index in [2.05, 4.69) is 22.6 Å². The van der Waals surface area contributed by atoms with Gasteiger partial charge in [0.15, 0.2) is 0 Å². The van der Waals surface area contributed by atoms with Gasteiger partial charge in [-0.15, -0.1) is 0 Å². The second-order valence-corrected chi connectivity index (χ2v) is 4.04. The zero-order valence-electron chi connectivity index (χ0n) is 4.88. The number of allylic oxidation sites excluding steroid dienone is 4. The molecule has 0 N–H and O–H groups in total. The van der Waals surface area contributed by atoms with E-state index >= 15 is 0 Å². The van der Waals surface area contributed by atoms with Crippen molar-refractivity contribution < 1.29 is 4.79 Å². The van der Waals surface area contributed by atoms with E-state index < -0.39 is 0 Å². The van der Waals surface area contributed by atoms with Crippen molar-refractivity contribution in [1.29, 1.82) is 0 Å². The average molecular weight is 234 g/mol. The second-order valence-electron chi connectivity index (χ2n) is 2.04. The Bertz CT molecular complexity index is 172. The van der Waals surface area contributed by atoms with E-state index in [0.717, 1.165) is 12.7 Å².